The molecule has 1 aromatic rings. The monoisotopic (exact) mass is 307 g/mol. The summed E-state index contributed by atoms with van der Waals surface area (Å²) in [6, 6.07) is 6.70. The molecule has 0 fully saturated rings. The second kappa shape index (κ2) is 10.4. The molecule has 1 aromatic carbocycles. The minimum atomic E-state index is -1.25. The van der Waals surface area contributed by atoms with E-state index in [0.29, 0.717) is 0 Å². The second-order valence-corrected chi connectivity index (χ2v) is 4.92. The Hall–Kier alpha value is -2.37. The molecule has 1 rings (SSSR count). The molecule has 0 saturated carbocycles. The number of carboxylic acid groups (broad SMARTS) is 1. The number of allylic oxidation sites excluding steroid dienone is 1. The second-order valence-electron chi connectivity index (χ2n) is 4.92. The topological polar surface area (TPSA) is 89.7 Å². The van der Waals surface area contributed by atoms with Gasteiger partial charge in [0, 0.05) is 12.1 Å². The number of hydrogen-bond donors (Lipinski definition) is 1. The highest BCUT2D eigenvalue weighted by Gasteiger charge is 2.03. The Morgan fingerprint density at radius 1 is 1.14 bits per heavy atom. The van der Waals surface area contributed by atoms with Gasteiger partial charge in [0.2, 0.25) is 0 Å². The number of nitro groups is 1. The first-order chi connectivity index (χ1) is 10.6. The van der Waals surface area contributed by atoms with Gasteiger partial charge in [0.05, 0.1) is 4.92 Å². The van der Waals surface area contributed by atoms with Gasteiger partial charge in [-0.3, -0.25) is 10.1 Å². The molecule has 120 valence electrons. The molecular weight excluding hydrogens is 286 g/mol. The molecular formula is C16H21NO5. The van der Waals surface area contributed by atoms with E-state index in [1.807, 2.05) is 18.2 Å². The molecule has 6 nitrogen and oxygen atoms in total. The van der Waals surface area contributed by atoms with Gasteiger partial charge in [0.15, 0.2) is 0 Å². The molecule has 0 aromatic heterocycles. The smallest absolute Gasteiger partial charge is 0.450 e. The van der Waals surface area contributed by atoms with E-state index in [4.69, 9.17) is 5.11 Å². The normalized spacial score (nSPS) is 10.7. The van der Waals surface area contributed by atoms with Crippen molar-refractivity contribution in [1.29, 1.82) is 0 Å². The lowest BCUT2D eigenvalue weighted by molar-refractivity contribution is -0.384. The lowest BCUT2D eigenvalue weighted by atomic mass is 10.1. The van der Waals surface area contributed by atoms with E-state index in [1.165, 1.54) is 0 Å². The fraction of sp³-hybridized carbons (Fsp3) is 0.438. The molecule has 0 radical (unpaired) electrons. The van der Waals surface area contributed by atoms with Crippen molar-refractivity contribution < 1.29 is 19.6 Å². The summed E-state index contributed by atoms with van der Waals surface area (Å²) < 4.78 is 4.35. The van der Waals surface area contributed by atoms with Gasteiger partial charge in [-0.15, -0.1) is 0 Å². The predicted octanol–water partition coefficient (Wildman–Crippen LogP) is 4.34. The number of nitrogens with zero attached hydrogens (tertiary/aromatic N) is 1. The number of unbranched alkanes of at least 4 members (excludes halogenated alkanes) is 4. The van der Waals surface area contributed by atoms with Gasteiger partial charge in [-0.05, 0) is 31.2 Å². The van der Waals surface area contributed by atoms with Crippen LogP contribution in [0.1, 0.15) is 37.7 Å². The average Bonchev–Trinajstić information content (AvgIpc) is 2.49. The largest absolute Gasteiger partial charge is 0.506 e. The SMILES string of the molecule is O=C(O)OC/C=C/CCCCCCc1ccc([N+](=O)[O-])cc1. The minimum absolute atomic E-state index is 0.107. The molecule has 0 aliphatic rings. The van der Waals surface area contributed by atoms with Gasteiger partial charge in [-0.25, -0.2) is 4.79 Å². The van der Waals surface area contributed by atoms with Crippen molar-refractivity contribution in [2.45, 2.75) is 38.5 Å². The van der Waals surface area contributed by atoms with Crippen LogP contribution >= 0.6 is 0 Å². The molecule has 0 atom stereocenters. The number of nitro benzene ring substituents is 1. The molecule has 0 saturated heterocycles. The van der Waals surface area contributed by atoms with E-state index in [2.05, 4.69) is 4.74 Å². The number of benzene rings is 1. The third kappa shape index (κ3) is 8.04. The molecule has 0 aliphatic heterocycles. The minimum Gasteiger partial charge on any atom is -0.450 e. The maximum atomic E-state index is 10.5. The number of non-ortho nitro benzene ring substituents is 1. The van der Waals surface area contributed by atoms with E-state index in [9.17, 15) is 14.9 Å². The zero-order chi connectivity index (χ0) is 16.2. The summed E-state index contributed by atoms with van der Waals surface area (Å²) in [6.45, 7) is 0.107. The summed E-state index contributed by atoms with van der Waals surface area (Å²) in [6.07, 6.45) is 8.57. The van der Waals surface area contributed by atoms with Gasteiger partial charge in [-0.1, -0.05) is 37.1 Å². The summed E-state index contributed by atoms with van der Waals surface area (Å²) in [5.74, 6) is 0. The van der Waals surface area contributed by atoms with Crippen molar-refractivity contribution in [3.8, 4) is 0 Å². The van der Waals surface area contributed by atoms with Crippen molar-refractivity contribution >= 4 is 11.8 Å². The van der Waals surface area contributed by atoms with Crippen molar-refractivity contribution in [2.24, 2.45) is 0 Å². The van der Waals surface area contributed by atoms with Crippen LogP contribution in [-0.4, -0.2) is 22.8 Å². The van der Waals surface area contributed by atoms with Crippen LogP contribution in [0.3, 0.4) is 0 Å². The molecule has 22 heavy (non-hydrogen) atoms. The van der Waals surface area contributed by atoms with Crippen LogP contribution in [0.5, 0.6) is 0 Å². The average molecular weight is 307 g/mol. The Morgan fingerprint density at radius 2 is 1.82 bits per heavy atom. The van der Waals surface area contributed by atoms with Gasteiger partial charge in [-0.2, -0.15) is 0 Å². The molecule has 0 bridgehead atoms. The highest BCUT2D eigenvalue weighted by Crippen LogP contribution is 2.14. The summed E-state index contributed by atoms with van der Waals surface area (Å²) in [4.78, 5) is 20.2. The molecule has 0 heterocycles. The van der Waals surface area contributed by atoms with Crippen LogP contribution in [0.15, 0.2) is 36.4 Å². The van der Waals surface area contributed by atoms with Crippen molar-refractivity contribution in [2.75, 3.05) is 6.61 Å². The summed E-state index contributed by atoms with van der Waals surface area (Å²) in [7, 11) is 0. The Balaban J connectivity index is 2.03. The highest BCUT2D eigenvalue weighted by atomic mass is 16.7. The Morgan fingerprint density at radius 3 is 2.45 bits per heavy atom. The van der Waals surface area contributed by atoms with Gasteiger partial charge < -0.3 is 9.84 Å². The number of aryl methyl sites for hydroxylation is 1. The van der Waals surface area contributed by atoms with Crippen LogP contribution in [0.25, 0.3) is 0 Å². The van der Waals surface area contributed by atoms with E-state index in [-0.39, 0.29) is 12.3 Å². The third-order valence-corrected chi connectivity index (χ3v) is 3.20. The van der Waals surface area contributed by atoms with Crippen molar-refractivity contribution in [1.82, 2.24) is 0 Å². The van der Waals surface area contributed by atoms with E-state index in [0.717, 1.165) is 44.1 Å². The lowest BCUT2D eigenvalue weighted by Crippen LogP contribution is -1.98. The number of ether oxygens (including phenoxy) is 1. The standard InChI is InChI=1S/C16H21NO5/c18-16(19)22-13-7-5-3-1-2-4-6-8-14-9-11-15(12-10-14)17(20)21/h5,7,9-12H,1-4,6,8,13H2,(H,18,19)/b7-5+. The summed E-state index contributed by atoms with van der Waals surface area (Å²) >= 11 is 0. The molecule has 0 unspecified atom stereocenters. The molecule has 6 heteroatoms. The van der Waals surface area contributed by atoms with E-state index in [1.54, 1.807) is 18.2 Å². The Bertz CT molecular complexity index is 496. The van der Waals surface area contributed by atoms with Crippen LogP contribution in [0, 0.1) is 10.1 Å². The van der Waals surface area contributed by atoms with Gasteiger partial charge in [0.25, 0.3) is 5.69 Å². The zero-order valence-corrected chi connectivity index (χ0v) is 12.4. The Kier molecular flexibility index (Phi) is 8.33. The Labute approximate surface area is 129 Å². The summed E-state index contributed by atoms with van der Waals surface area (Å²) in [5, 5.41) is 18.8. The number of rotatable bonds is 10. The first-order valence-corrected chi connectivity index (χ1v) is 7.33. The zero-order valence-electron chi connectivity index (χ0n) is 12.4. The maximum absolute atomic E-state index is 10.5. The third-order valence-electron chi connectivity index (χ3n) is 3.20. The van der Waals surface area contributed by atoms with Crippen LogP contribution < -0.4 is 0 Å². The predicted molar refractivity (Wildman–Crippen MR) is 83.0 cm³/mol. The fourth-order valence-corrected chi connectivity index (χ4v) is 2.03. The van der Waals surface area contributed by atoms with Crippen LogP contribution in [0.2, 0.25) is 0 Å². The molecule has 0 spiro atoms. The number of hydrogen-bond acceptors (Lipinski definition) is 4. The summed E-state index contributed by atoms with van der Waals surface area (Å²) in [5.41, 5.74) is 1.25. The van der Waals surface area contributed by atoms with Crippen molar-refractivity contribution in [3.05, 3.63) is 52.1 Å². The molecule has 0 aliphatic carbocycles. The lowest BCUT2D eigenvalue weighted by Gasteiger charge is -2.01. The quantitative estimate of drug-likeness (QED) is 0.228. The molecule has 0 amide bonds. The van der Waals surface area contributed by atoms with Gasteiger partial charge >= 0.3 is 6.16 Å². The first kappa shape index (κ1) is 17.7. The van der Waals surface area contributed by atoms with Gasteiger partial charge in [0.1, 0.15) is 6.61 Å². The maximum Gasteiger partial charge on any atom is 0.506 e. The van der Waals surface area contributed by atoms with E-state index >= 15 is 0 Å². The fourth-order valence-electron chi connectivity index (χ4n) is 2.03. The first-order valence-electron chi connectivity index (χ1n) is 7.33. The van der Waals surface area contributed by atoms with Crippen LogP contribution in [-0.2, 0) is 11.2 Å². The van der Waals surface area contributed by atoms with Crippen molar-refractivity contribution in [3.63, 3.8) is 0 Å². The molecule has 1 N–H and O–H groups in total. The highest BCUT2D eigenvalue weighted by molar-refractivity contribution is 5.56. The van der Waals surface area contributed by atoms with Crippen LogP contribution in [0.4, 0.5) is 10.5 Å². The van der Waals surface area contributed by atoms with E-state index < -0.39 is 11.1 Å². The number of carbonyl (C=O) groups is 1.